The van der Waals surface area contributed by atoms with E-state index in [-0.39, 0.29) is 17.1 Å². The molecule has 0 atom stereocenters. The van der Waals surface area contributed by atoms with Crippen LogP contribution in [0.25, 0.3) is 11.4 Å². The molecule has 0 bridgehead atoms. The quantitative estimate of drug-likeness (QED) is 0.458. The predicted octanol–water partition coefficient (Wildman–Crippen LogP) is 3.47. The maximum atomic E-state index is 12.9. The molecule has 0 saturated carbocycles. The molecule has 174 valence electrons. The molecule has 1 heterocycles. The minimum atomic E-state index is -4.67. The fourth-order valence-electron chi connectivity index (χ4n) is 2.43. The lowest BCUT2D eigenvalue weighted by Gasteiger charge is -2.16. The van der Waals surface area contributed by atoms with Gasteiger partial charge in [0.15, 0.2) is 13.2 Å². The highest BCUT2D eigenvalue weighted by Gasteiger charge is 2.30. The summed E-state index contributed by atoms with van der Waals surface area (Å²) < 4.78 is 74.7. The van der Waals surface area contributed by atoms with Crippen LogP contribution in [0.5, 0.6) is 11.8 Å². The van der Waals surface area contributed by atoms with E-state index < -0.39 is 36.9 Å². The Hall–Kier alpha value is -3.44. The Morgan fingerprint density at radius 2 is 1.81 bits per heavy atom. The Labute approximate surface area is 180 Å². The number of halogens is 5. The highest BCUT2D eigenvalue weighted by Crippen LogP contribution is 2.23. The van der Waals surface area contributed by atoms with Crippen LogP contribution in [0.4, 0.5) is 22.0 Å². The van der Waals surface area contributed by atoms with E-state index in [0.717, 1.165) is 10.6 Å². The maximum absolute atomic E-state index is 12.9. The van der Waals surface area contributed by atoms with E-state index in [1.165, 1.54) is 50.7 Å². The third-order valence-electron chi connectivity index (χ3n) is 3.78. The first-order chi connectivity index (χ1) is 14.9. The standard InChI is InChI=1S/C20H21F5N4O3/c1-19(21,22)11-31-14-6-4-13(5-7-14)29-17(30)10-16(15(27-3)8-9-26-2)28-18(29)32-12-20(23,24)25/h4-10,27H,11-12H2,1-3H3/b15-8-,26-9?. The molecule has 0 unspecified atom stereocenters. The third kappa shape index (κ3) is 7.36. The van der Waals surface area contributed by atoms with Crippen LogP contribution in [0.3, 0.4) is 0 Å². The number of nitrogens with one attached hydrogen (secondary N) is 1. The first-order valence-corrected chi connectivity index (χ1v) is 9.19. The van der Waals surface area contributed by atoms with E-state index >= 15 is 0 Å². The van der Waals surface area contributed by atoms with E-state index in [1.54, 1.807) is 0 Å². The summed E-state index contributed by atoms with van der Waals surface area (Å²) in [5.74, 6) is -2.96. The number of hydrogen-bond acceptors (Lipinski definition) is 6. The van der Waals surface area contributed by atoms with Gasteiger partial charge in [0.2, 0.25) is 0 Å². The number of alkyl halides is 5. The van der Waals surface area contributed by atoms with Gasteiger partial charge in [-0.15, -0.1) is 0 Å². The molecule has 0 aliphatic carbocycles. The monoisotopic (exact) mass is 460 g/mol. The second kappa shape index (κ2) is 10.2. The summed E-state index contributed by atoms with van der Waals surface area (Å²) >= 11 is 0. The first-order valence-electron chi connectivity index (χ1n) is 9.19. The van der Waals surface area contributed by atoms with Gasteiger partial charge in [0.1, 0.15) is 5.75 Å². The number of aliphatic imine (C=N–C) groups is 1. The van der Waals surface area contributed by atoms with Crippen LogP contribution in [0.2, 0.25) is 0 Å². The normalized spacial score (nSPS) is 12.8. The van der Waals surface area contributed by atoms with Gasteiger partial charge < -0.3 is 14.8 Å². The van der Waals surface area contributed by atoms with E-state index in [1.807, 2.05) is 0 Å². The summed E-state index contributed by atoms with van der Waals surface area (Å²) in [7, 11) is 3.05. The Balaban J connectivity index is 2.49. The Bertz CT molecular complexity index is 1030. The number of benzene rings is 1. The van der Waals surface area contributed by atoms with Crippen molar-refractivity contribution < 1.29 is 31.4 Å². The van der Waals surface area contributed by atoms with Gasteiger partial charge in [-0.05, 0) is 30.3 Å². The molecule has 32 heavy (non-hydrogen) atoms. The van der Waals surface area contributed by atoms with Crippen molar-refractivity contribution in [1.29, 1.82) is 0 Å². The van der Waals surface area contributed by atoms with Crippen molar-refractivity contribution in [2.45, 2.75) is 19.0 Å². The molecular formula is C20H21F5N4O3. The van der Waals surface area contributed by atoms with Gasteiger partial charge in [-0.1, -0.05) is 0 Å². The molecule has 0 spiro atoms. The van der Waals surface area contributed by atoms with Gasteiger partial charge >= 0.3 is 12.2 Å². The Kier molecular flexibility index (Phi) is 7.95. The van der Waals surface area contributed by atoms with E-state index in [9.17, 15) is 26.7 Å². The largest absolute Gasteiger partial charge is 0.487 e. The van der Waals surface area contributed by atoms with Gasteiger partial charge in [-0.2, -0.15) is 18.2 Å². The van der Waals surface area contributed by atoms with Crippen LogP contribution in [0, 0.1) is 0 Å². The van der Waals surface area contributed by atoms with E-state index in [0.29, 0.717) is 12.6 Å². The highest BCUT2D eigenvalue weighted by molar-refractivity contribution is 5.82. The van der Waals surface area contributed by atoms with Crippen molar-refractivity contribution in [3.8, 4) is 17.4 Å². The van der Waals surface area contributed by atoms with Crippen LogP contribution in [-0.2, 0) is 0 Å². The molecule has 0 amide bonds. The van der Waals surface area contributed by atoms with Crippen molar-refractivity contribution in [3.63, 3.8) is 0 Å². The smallest absolute Gasteiger partial charge is 0.422 e. The topological polar surface area (TPSA) is 77.7 Å². The van der Waals surface area contributed by atoms with Gasteiger partial charge in [-0.25, -0.2) is 13.3 Å². The molecule has 2 rings (SSSR count). The molecule has 0 fully saturated rings. The molecule has 2 aromatic rings. The zero-order chi connectivity index (χ0) is 23.9. The maximum Gasteiger partial charge on any atom is 0.422 e. The molecule has 7 nitrogen and oxygen atoms in total. The molecule has 1 N–H and O–H groups in total. The van der Waals surface area contributed by atoms with E-state index in [2.05, 4.69) is 15.3 Å². The second-order valence-electron chi connectivity index (χ2n) is 6.59. The third-order valence-corrected chi connectivity index (χ3v) is 3.78. The number of ether oxygens (including phenoxy) is 2. The number of nitrogens with zero attached hydrogens (tertiary/aromatic N) is 3. The molecule has 1 aromatic carbocycles. The highest BCUT2D eigenvalue weighted by atomic mass is 19.4. The first kappa shape index (κ1) is 24.8. The number of rotatable bonds is 9. The van der Waals surface area contributed by atoms with Crippen LogP contribution < -0.4 is 20.3 Å². The summed E-state index contributed by atoms with van der Waals surface area (Å²) in [6.07, 6.45) is -1.78. The van der Waals surface area contributed by atoms with Gasteiger partial charge in [0.25, 0.3) is 11.5 Å². The van der Waals surface area contributed by atoms with Gasteiger partial charge in [0.05, 0.1) is 17.1 Å². The zero-order valence-corrected chi connectivity index (χ0v) is 17.4. The number of aromatic nitrogens is 2. The minimum absolute atomic E-state index is 0.0379. The molecule has 0 radical (unpaired) electrons. The van der Waals surface area contributed by atoms with Crippen LogP contribution in [0.1, 0.15) is 12.6 Å². The fourth-order valence-corrected chi connectivity index (χ4v) is 2.43. The lowest BCUT2D eigenvalue weighted by atomic mass is 10.2. The number of hydrogen-bond donors (Lipinski definition) is 1. The van der Waals surface area contributed by atoms with E-state index in [4.69, 9.17) is 9.47 Å². The average Bonchev–Trinajstić information content (AvgIpc) is 2.70. The molecule has 0 aliphatic rings. The summed E-state index contributed by atoms with van der Waals surface area (Å²) in [4.78, 5) is 20.6. The van der Waals surface area contributed by atoms with Crippen LogP contribution in [0.15, 0.2) is 46.2 Å². The van der Waals surface area contributed by atoms with Gasteiger partial charge in [0, 0.05) is 33.3 Å². The predicted molar refractivity (Wildman–Crippen MR) is 109 cm³/mol. The Morgan fingerprint density at radius 1 is 1.16 bits per heavy atom. The van der Waals surface area contributed by atoms with Crippen molar-refractivity contribution >= 4 is 11.9 Å². The van der Waals surface area contributed by atoms with Crippen molar-refractivity contribution in [3.05, 3.63) is 52.5 Å². The zero-order valence-electron chi connectivity index (χ0n) is 17.4. The molecular weight excluding hydrogens is 439 g/mol. The van der Waals surface area contributed by atoms with Crippen molar-refractivity contribution in [2.24, 2.45) is 4.99 Å². The van der Waals surface area contributed by atoms with Gasteiger partial charge in [-0.3, -0.25) is 9.79 Å². The lowest BCUT2D eigenvalue weighted by Crippen LogP contribution is -2.27. The summed E-state index contributed by atoms with van der Waals surface area (Å²) in [5, 5.41) is 2.78. The summed E-state index contributed by atoms with van der Waals surface area (Å²) in [5.41, 5.74) is -0.264. The minimum Gasteiger partial charge on any atom is -0.487 e. The fraction of sp³-hybridized carbons (Fsp3) is 0.350. The molecule has 0 saturated heterocycles. The van der Waals surface area contributed by atoms with Crippen molar-refractivity contribution in [1.82, 2.24) is 14.9 Å². The van der Waals surface area contributed by atoms with Crippen LogP contribution >= 0.6 is 0 Å². The second-order valence-corrected chi connectivity index (χ2v) is 6.59. The molecule has 12 heteroatoms. The average molecular weight is 460 g/mol. The summed E-state index contributed by atoms with van der Waals surface area (Å²) in [6.45, 7) is -1.84. The molecule has 0 aliphatic heterocycles. The van der Waals surface area contributed by atoms with Crippen LogP contribution in [-0.4, -0.2) is 55.2 Å². The Morgan fingerprint density at radius 3 is 2.34 bits per heavy atom. The summed E-state index contributed by atoms with van der Waals surface area (Å²) in [6, 6.07) is 5.72. The SMILES string of the molecule is CN=C/C=C(\NC)c1cc(=O)n(-c2ccc(OCC(C)(F)F)cc2)c(OCC(F)(F)F)n1. The lowest BCUT2D eigenvalue weighted by molar-refractivity contribution is -0.155. The molecule has 1 aromatic heterocycles. The number of allylic oxidation sites excluding steroid dienone is 1. The van der Waals surface area contributed by atoms with Crippen molar-refractivity contribution in [2.75, 3.05) is 27.3 Å².